The maximum absolute atomic E-state index is 10.7. The van der Waals surface area contributed by atoms with E-state index in [9.17, 15) is 35.7 Å². The highest BCUT2D eigenvalue weighted by Crippen LogP contribution is 2.33. The Balaban J connectivity index is 1.78. The number of hydrogen-bond acceptors (Lipinski definition) is 11. The lowest BCUT2D eigenvalue weighted by Crippen LogP contribution is -2.64. The summed E-state index contributed by atoms with van der Waals surface area (Å²) in [5.41, 5.74) is -0.754. The second-order valence-electron chi connectivity index (χ2n) is 9.20. The van der Waals surface area contributed by atoms with Crippen LogP contribution < -0.4 is 0 Å². The monoisotopic (exact) mass is 512 g/mol. The smallest absolute Gasteiger partial charge is 0.187 e. The molecular formula is C23H44O10S. The highest BCUT2D eigenvalue weighted by molar-refractivity contribution is 7.99. The van der Waals surface area contributed by atoms with Gasteiger partial charge in [0, 0.05) is 0 Å². The first-order chi connectivity index (χ1) is 16.3. The van der Waals surface area contributed by atoms with Crippen molar-refractivity contribution in [2.75, 3.05) is 19.0 Å². The first-order valence-corrected chi connectivity index (χ1v) is 13.6. The van der Waals surface area contributed by atoms with Gasteiger partial charge in [-0.1, -0.05) is 58.3 Å². The highest BCUT2D eigenvalue weighted by Gasteiger charge is 2.50. The summed E-state index contributed by atoms with van der Waals surface area (Å²) in [4.78, 5) is 0. The molecule has 10 nitrogen and oxygen atoms in total. The Morgan fingerprint density at radius 2 is 1.24 bits per heavy atom. The van der Waals surface area contributed by atoms with Crippen LogP contribution in [0.25, 0.3) is 0 Å². The van der Waals surface area contributed by atoms with E-state index in [2.05, 4.69) is 6.92 Å². The van der Waals surface area contributed by atoms with Crippen LogP contribution in [0.4, 0.5) is 0 Å². The lowest BCUT2D eigenvalue weighted by atomic mass is 9.97. The largest absolute Gasteiger partial charge is 0.394 e. The summed E-state index contributed by atoms with van der Waals surface area (Å²) in [5.74, 6) is 0.737. The number of unbranched alkanes of at least 4 members (excludes halogenated alkanes) is 8. The maximum Gasteiger partial charge on any atom is 0.187 e. The molecule has 11 heteroatoms. The second-order valence-corrected chi connectivity index (χ2v) is 10.4. The van der Waals surface area contributed by atoms with Crippen molar-refractivity contribution in [3.05, 3.63) is 0 Å². The summed E-state index contributed by atoms with van der Waals surface area (Å²) in [6, 6.07) is 0. The molecule has 2 saturated heterocycles. The summed E-state index contributed by atoms with van der Waals surface area (Å²) < 4.78 is 16.7. The quantitative estimate of drug-likeness (QED) is 0.146. The standard InChI is InChI=1S/C23H44O10S/c1-2-3-4-5-6-7-8-9-10-11-34-23-20(30)18(28)21(15(13-25)32-23)33-22-19(29)17(27)16(26)14(12-24)31-22/h14-30H,2-13H2,1H3/t14?,15?,16-,17?,18?,19?,20?,21-,22-,23+/m1/s1. The van der Waals surface area contributed by atoms with Crippen molar-refractivity contribution in [2.24, 2.45) is 0 Å². The Kier molecular flexibility index (Phi) is 14.1. The van der Waals surface area contributed by atoms with Crippen molar-refractivity contribution in [1.29, 1.82) is 0 Å². The van der Waals surface area contributed by atoms with Crippen molar-refractivity contribution in [1.82, 2.24) is 0 Å². The van der Waals surface area contributed by atoms with Crippen molar-refractivity contribution >= 4 is 11.8 Å². The van der Waals surface area contributed by atoms with Crippen LogP contribution in [0.5, 0.6) is 0 Å². The van der Waals surface area contributed by atoms with Gasteiger partial charge in [0.2, 0.25) is 0 Å². The van der Waals surface area contributed by atoms with Crippen molar-refractivity contribution < 1.29 is 50.0 Å². The van der Waals surface area contributed by atoms with E-state index in [-0.39, 0.29) is 0 Å². The topological polar surface area (TPSA) is 169 Å². The summed E-state index contributed by atoms with van der Waals surface area (Å²) in [7, 11) is 0. The van der Waals surface area contributed by atoms with E-state index in [0.717, 1.165) is 25.0 Å². The van der Waals surface area contributed by atoms with E-state index in [1.54, 1.807) is 0 Å². The van der Waals surface area contributed by atoms with Crippen LogP contribution in [0, 0.1) is 0 Å². The van der Waals surface area contributed by atoms with Gasteiger partial charge in [-0.2, -0.15) is 0 Å². The van der Waals surface area contributed by atoms with Crippen molar-refractivity contribution in [3.8, 4) is 0 Å². The molecule has 2 aliphatic rings. The fourth-order valence-corrected chi connectivity index (χ4v) is 5.49. The van der Waals surface area contributed by atoms with E-state index >= 15 is 0 Å². The van der Waals surface area contributed by atoms with E-state index in [4.69, 9.17) is 14.2 Å². The maximum atomic E-state index is 10.7. The summed E-state index contributed by atoms with van der Waals surface area (Å²) >= 11 is 1.37. The number of hydrogen-bond donors (Lipinski definition) is 7. The van der Waals surface area contributed by atoms with Crippen LogP contribution >= 0.6 is 11.8 Å². The van der Waals surface area contributed by atoms with Crippen LogP contribution in [0.3, 0.4) is 0 Å². The van der Waals surface area contributed by atoms with Gasteiger partial charge in [-0.05, 0) is 12.2 Å². The Morgan fingerprint density at radius 1 is 0.647 bits per heavy atom. The molecule has 0 saturated carbocycles. The molecule has 2 rings (SSSR count). The second kappa shape index (κ2) is 15.9. The summed E-state index contributed by atoms with van der Waals surface area (Å²) in [6.07, 6.45) is -1.73. The minimum Gasteiger partial charge on any atom is -0.394 e. The third-order valence-electron chi connectivity index (χ3n) is 6.49. The molecule has 2 aliphatic heterocycles. The Bertz CT molecular complexity index is 540. The lowest BCUT2D eigenvalue weighted by molar-refractivity contribution is -0.338. The van der Waals surface area contributed by atoms with Gasteiger partial charge < -0.3 is 50.0 Å². The molecule has 7 N–H and O–H groups in total. The lowest BCUT2D eigenvalue weighted by Gasteiger charge is -2.46. The van der Waals surface area contributed by atoms with Crippen LogP contribution in [-0.2, 0) is 14.2 Å². The zero-order valence-corrected chi connectivity index (χ0v) is 20.8. The molecule has 202 valence electrons. The van der Waals surface area contributed by atoms with Gasteiger partial charge in [-0.15, -0.1) is 11.8 Å². The molecule has 0 spiro atoms. The SMILES string of the molecule is CCCCCCCCCCCS[C@@H]1OC(CO)[C@@H](O[C@H]2OC(CO)[C@@H](O)C(O)C2O)C(O)C1O. The van der Waals surface area contributed by atoms with Gasteiger partial charge in [0.25, 0.3) is 0 Å². The average molecular weight is 513 g/mol. The first kappa shape index (κ1) is 30.2. The zero-order chi connectivity index (χ0) is 25.1. The molecule has 0 bridgehead atoms. The van der Waals surface area contributed by atoms with Gasteiger partial charge in [0.05, 0.1) is 13.2 Å². The molecule has 2 fully saturated rings. The molecule has 0 amide bonds. The molecule has 0 aromatic heterocycles. The van der Waals surface area contributed by atoms with Gasteiger partial charge in [-0.25, -0.2) is 0 Å². The molecule has 0 aromatic rings. The highest BCUT2D eigenvalue weighted by atomic mass is 32.2. The van der Waals surface area contributed by atoms with Crippen LogP contribution in [0.1, 0.15) is 64.7 Å². The number of aliphatic hydroxyl groups excluding tert-OH is 7. The molecule has 2 heterocycles. The predicted octanol–water partition coefficient (Wildman–Crippen LogP) is -0.125. The third-order valence-corrected chi connectivity index (χ3v) is 7.73. The number of thioether (sulfide) groups is 1. The van der Waals surface area contributed by atoms with Gasteiger partial charge in [0.1, 0.15) is 54.3 Å². The number of rotatable bonds is 15. The van der Waals surface area contributed by atoms with Crippen LogP contribution in [0.2, 0.25) is 0 Å². The van der Waals surface area contributed by atoms with E-state index < -0.39 is 73.8 Å². The zero-order valence-electron chi connectivity index (χ0n) is 20.0. The minimum absolute atomic E-state index is 0.513. The average Bonchev–Trinajstić information content (AvgIpc) is 2.84. The first-order valence-electron chi connectivity index (χ1n) is 12.6. The molecule has 6 unspecified atom stereocenters. The van der Waals surface area contributed by atoms with E-state index in [1.165, 1.54) is 50.3 Å². The van der Waals surface area contributed by atoms with Gasteiger partial charge in [-0.3, -0.25) is 0 Å². The van der Waals surface area contributed by atoms with E-state index in [0.29, 0.717) is 0 Å². The number of aliphatic hydroxyl groups is 7. The molecule has 0 aliphatic carbocycles. The molecule has 0 radical (unpaired) electrons. The fourth-order valence-electron chi connectivity index (χ4n) is 4.31. The fraction of sp³-hybridized carbons (Fsp3) is 1.00. The van der Waals surface area contributed by atoms with Gasteiger partial charge >= 0.3 is 0 Å². The third kappa shape index (κ3) is 8.52. The summed E-state index contributed by atoms with van der Waals surface area (Å²) in [5, 5.41) is 70.3. The predicted molar refractivity (Wildman–Crippen MR) is 126 cm³/mol. The Morgan fingerprint density at radius 3 is 1.82 bits per heavy atom. The Hall–Kier alpha value is -0.0500. The van der Waals surface area contributed by atoms with Crippen molar-refractivity contribution in [3.63, 3.8) is 0 Å². The normalized spacial score (nSPS) is 38.8. The minimum atomic E-state index is -1.67. The molecule has 10 atom stereocenters. The molecule has 0 aromatic carbocycles. The Labute approximate surface area is 206 Å². The van der Waals surface area contributed by atoms with Crippen LogP contribution in [-0.4, -0.2) is 115 Å². The summed E-state index contributed by atoms with van der Waals surface area (Å²) in [6.45, 7) is 1.07. The van der Waals surface area contributed by atoms with Gasteiger partial charge in [0.15, 0.2) is 6.29 Å². The molecular weight excluding hydrogens is 468 g/mol. The van der Waals surface area contributed by atoms with E-state index in [1.807, 2.05) is 0 Å². The van der Waals surface area contributed by atoms with Crippen LogP contribution in [0.15, 0.2) is 0 Å². The molecule has 34 heavy (non-hydrogen) atoms. The number of ether oxygens (including phenoxy) is 3. The van der Waals surface area contributed by atoms with Crippen molar-refractivity contribution in [2.45, 2.75) is 125 Å².